The number of benzene rings is 1. The number of methoxy groups -OCH3 is 2. The lowest BCUT2D eigenvalue weighted by atomic mass is 10.0. The van der Waals surface area contributed by atoms with Gasteiger partial charge in [-0.25, -0.2) is 9.97 Å². The van der Waals surface area contributed by atoms with Crippen molar-refractivity contribution in [3.8, 4) is 22.6 Å². The Morgan fingerprint density at radius 1 is 1.17 bits per heavy atom. The monoisotopic (exact) mass is 514 g/mol. The molecule has 1 N–H and O–H groups in total. The minimum absolute atomic E-state index is 0.239. The summed E-state index contributed by atoms with van der Waals surface area (Å²) in [6.45, 7) is 0.929. The molecule has 180 valence electrons. The number of halogens is 2. The first-order valence-electron chi connectivity index (χ1n) is 10.7. The topological polar surface area (TPSA) is 132 Å². The standard InChI is InChI=1S/C22H20Cl2N8O3/c1-33-15-8-16(34-2)19(24)17(18(15)23)12-7-11-9-27-22(29-20(11)32-5-4-26-21(12)32)28-14-10-35-6-3-13(14)30-31-25/h4-5,7-9,13-14H,3,6,10H2,1-2H3,(H,27,28,29)/t13?,14-/m1/s1. The van der Waals surface area contributed by atoms with Crippen LogP contribution in [0.1, 0.15) is 6.42 Å². The Morgan fingerprint density at radius 2 is 1.94 bits per heavy atom. The van der Waals surface area contributed by atoms with E-state index in [4.69, 9.17) is 47.9 Å². The summed E-state index contributed by atoms with van der Waals surface area (Å²) in [7, 11) is 3.05. The number of rotatable bonds is 6. The Kier molecular flexibility index (Phi) is 6.40. The van der Waals surface area contributed by atoms with Crippen LogP contribution in [0.2, 0.25) is 10.0 Å². The number of nitrogens with one attached hydrogen (secondary N) is 1. The molecular formula is C22H20Cl2N8O3. The first-order valence-corrected chi connectivity index (χ1v) is 11.4. The number of hydrogen-bond acceptors (Lipinski definition) is 8. The molecule has 0 saturated carbocycles. The molecule has 13 heteroatoms. The van der Waals surface area contributed by atoms with E-state index in [2.05, 4.69) is 25.3 Å². The predicted octanol–water partition coefficient (Wildman–Crippen LogP) is 5.15. The SMILES string of the molecule is COc1cc(OC)c(Cl)c(-c2cc3cnc(N[C@@H]4COCCC4N=[N+]=[N-])nc3n3ccnc23)c1Cl. The summed E-state index contributed by atoms with van der Waals surface area (Å²) in [5, 5.41) is 8.52. The first kappa shape index (κ1) is 23.3. The zero-order chi connectivity index (χ0) is 24.5. The highest BCUT2D eigenvalue weighted by Gasteiger charge is 2.26. The second-order valence-corrected chi connectivity index (χ2v) is 8.58. The third-order valence-electron chi connectivity index (χ3n) is 5.88. The molecule has 0 spiro atoms. The van der Waals surface area contributed by atoms with Crippen molar-refractivity contribution in [3.63, 3.8) is 0 Å². The van der Waals surface area contributed by atoms with Crippen molar-refractivity contribution in [2.45, 2.75) is 18.5 Å². The van der Waals surface area contributed by atoms with Crippen molar-refractivity contribution >= 4 is 45.8 Å². The summed E-state index contributed by atoms with van der Waals surface area (Å²) < 4.78 is 18.2. The molecule has 1 aliphatic rings. The van der Waals surface area contributed by atoms with E-state index in [1.54, 1.807) is 24.7 Å². The second-order valence-electron chi connectivity index (χ2n) is 7.82. The number of fused-ring (bicyclic) bond motifs is 3. The molecule has 0 amide bonds. The number of azide groups is 1. The van der Waals surface area contributed by atoms with Crippen molar-refractivity contribution in [2.75, 3.05) is 32.8 Å². The van der Waals surface area contributed by atoms with Crippen LogP contribution in [0.5, 0.6) is 11.5 Å². The van der Waals surface area contributed by atoms with Crippen LogP contribution in [-0.2, 0) is 4.74 Å². The van der Waals surface area contributed by atoms with Crippen LogP contribution in [0.15, 0.2) is 35.8 Å². The molecule has 35 heavy (non-hydrogen) atoms. The van der Waals surface area contributed by atoms with Gasteiger partial charge in [0.15, 0.2) is 5.65 Å². The molecule has 0 aliphatic carbocycles. The van der Waals surface area contributed by atoms with Gasteiger partial charge in [0.05, 0.1) is 43.0 Å². The Bertz CT molecular complexity index is 1440. The average Bonchev–Trinajstić information content (AvgIpc) is 3.36. The van der Waals surface area contributed by atoms with E-state index >= 15 is 0 Å². The van der Waals surface area contributed by atoms with Crippen molar-refractivity contribution in [1.29, 1.82) is 0 Å². The highest BCUT2D eigenvalue weighted by atomic mass is 35.5. The van der Waals surface area contributed by atoms with E-state index in [0.717, 1.165) is 5.39 Å². The predicted molar refractivity (Wildman–Crippen MR) is 133 cm³/mol. The van der Waals surface area contributed by atoms with Gasteiger partial charge >= 0.3 is 0 Å². The summed E-state index contributed by atoms with van der Waals surface area (Å²) in [5.41, 5.74) is 11.3. The maximum atomic E-state index is 8.88. The van der Waals surface area contributed by atoms with Gasteiger partial charge in [-0.3, -0.25) is 4.40 Å². The minimum atomic E-state index is -0.254. The lowest BCUT2D eigenvalue weighted by Gasteiger charge is -2.28. The highest BCUT2D eigenvalue weighted by Crippen LogP contribution is 2.47. The van der Waals surface area contributed by atoms with E-state index in [1.165, 1.54) is 14.2 Å². The Hall–Kier alpha value is -3.50. The van der Waals surface area contributed by atoms with E-state index in [-0.39, 0.29) is 12.1 Å². The smallest absolute Gasteiger partial charge is 0.224 e. The number of hydrogen-bond donors (Lipinski definition) is 1. The van der Waals surface area contributed by atoms with Crippen molar-refractivity contribution in [2.24, 2.45) is 5.11 Å². The van der Waals surface area contributed by atoms with Gasteiger partial charge in [-0.1, -0.05) is 28.3 Å². The van der Waals surface area contributed by atoms with E-state index in [9.17, 15) is 0 Å². The van der Waals surface area contributed by atoms with Gasteiger partial charge in [0.25, 0.3) is 0 Å². The van der Waals surface area contributed by atoms with Gasteiger partial charge in [-0.05, 0) is 18.0 Å². The summed E-state index contributed by atoms with van der Waals surface area (Å²) in [4.78, 5) is 16.7. The third-order valence-corrected chi connectivity index (χ3v) is 6.63. The van der Waals surface area contributed by atoms with Gasteiger partial charge in [0.1, 0.15) is 17.1 Å². The number of ether oxygens (including phenoxy) is 3. The zero-order valence-electron chi connectivity index (χ0n) is 18.8. The zero-order valence-corrected chi connectivity index (χ0v) is 20.3. The van der Waals surface area contributed by atoms with Crippen LogP contribution in [0, 0.1) is 0 Å². The summed E-state index contributed by atoms with van der Waals surface area (Å²) >= 11 is 13.4. The Labute approximate surface area is 209 Å². The van der Waals surface area contributed by atoms with Gasteiger partial charge in [-0.15, -0.1) is 0 Å². The third kappa shape index (κ3) is 4.12. The van der Waals surface area contributed by atoms with Crippen LogP contribution in [-0.4, -0.2) is 58.9 Å². The van der Waals surface area contributed by atoms with Crippen LogP contribution in [0.25, 0.3) is 38.3 Å². The van der Waals surface area contributed by atoms with Gasteiger partial charge < -0.3 is 19.5 Å². The molecule has 0 radical (unpaired) electrons. The molecule has 1 fully saturated rings. The maximum Gasteiger partial charge on any atom is 0.224 e. The lowest BCUT2D eigenvalue weighted by molar-refractivity contribution is 0.0767. The van der Waals surface area contributed by atoms with Gasteiger partial charge in [0.2, 0.25) is 5.95 Å². The summed E-state index contributed by atoms with van der Waals surface area (Å²) in [5.74, 6) is 1.23. The molecule has 1 saturated heterocycles. The van der Waals surface area contributed by atoms with Crippen molar-refractivity contribution in [3.05, 3.63) is 51.2 Å². The van der Waals surface area contributed by atoms with Gasteiger partial charge in [-0.2, -0.15) is 4.98 Å². The second kappa shape index (κ2) is 9.63. The largest absolute Gasteiger partial charge is 0.495 e. The fraction of sp³-hybridized carbons (Fsp3) is 0.318. The van der Waals surface area contributed by atoms with Crippen LogP contribution < -0.4 is 14.8 Å². The molecule has 4 aromatic rings. The molecule has 2 atom stereocenters. The van der Waals surface area contributed by atoms with Crippen LogP contribution in [0.3, 0.4) is 0 Å². The number of aromatic nitrogens is 4. The first-order chi connectivity index (χ1) is 17.0. The molecule has 0 bridgehead atoms. The van der Waals surface area contributed by atoms with Gasteiger partial charge in [0, 0.05) is 52.7 Å². The Balaban J connectivity index is 1.64. The fourth-order valence-electron chi connectivity index (χ4n) is 4.18. The van der Waals surface area contributed by atoms with Crippen LogP contribution >= 0.6 is 23.2 Å². The van der Waals surface area contributed by atoms with Crippen molar-refractivity contribution < 1.29 is 14.2 Å². The number of pyridine rings is 1. The molecular weight excluding hydrogens is 495 g/mol. The quantitative estimate of drug-likeness (QED) is 0.213. The number of nitrogens with zero attached hydrogens (tertiary/aromatic N) is 7. The lowest BCUT2D eigenvalue weighted by Crippen LogP contribution is -2.41. The minimum Gasteiger partial charge on any atom is -0.495 e. The van der Waals surface area contributed by atoms with E-state index < -0.39 is 0 Å². The molecule has 1 unspecified atom stereocenters. The summed E-state index contributed by atoms with van der Waals surface area (Å²) in [6.07, 6.45) is 5.78. The molecule has 5 rings (SSSR count). The maximum absolute atomic E-state index is 8.88. The average molecular weight is 515 g/mol. The number of imidazole rings is 1. The van der Waals surface area contributed by atoms with E-state index in [1.807, 2.05) is 10.5 Å². The highest BCUT2D eigenvalue weighted by molar-refractivity contribution is 6.41. The molecule has 3 aromatic heterocycles. The Morgan fingerprint density at radius 3 is 2.66 bits per heavy atom. The van der Waals surface area contributed by atoms with Crippen LogP contribution in [0.4, 0.5) is 5.95 Å². The molecule has 11 nitrogen and oxygen atoms in total. The van der Waals surface area contributed by atoms with E-state index in [0.29, 0.717) is 69.5 Å². The normalized spacial score (nSPS) is 17.8. The number of anilines is 1. The van der Waals surface area contributed by atoms with Crippen molar-refractivity contribution in [1.82, 2.24) is 19.4 Å². The molecule has 1 aromatic carbocycles. The summed E-state index contributed by atoms with van der Waals surface area (Å²) in [6, 6.07) is 3.02. The fourth-order valence-corrected chi connectivity index (χ4v) is 4.89. The molecule has 1 aliphatic heterocycles. The molecule has 4 heterocycles.